The van der Waals surface area contributed by atoms with Gasteiger partial charge in [-0.15, -0.1) is 0 Å². The molecule has 0 amide bonds. The fourth-order valence-electron chi connectivity index (χ4n) is 2.34. The van der Waals surface area contributed by atoms with Gasteiger partial charge in [0.2, 0.25) is 0 Å². The van der Waals surface area contributed by atoms with E-state index in [0.29, 0.717) is 18.4 Å². The van der Waals surface area contributed by atoms with Crippen molar-refractivity contribution in [3.63, 3.8) is 0 Å². The Labute approximate surface area is 92.0 Å². The van der Waals surface area contributed by atoms with Gasteiger partial charge in [-0.25, -0.2) is 0 Å². The van der Waals surface area contributed by atoms with Crippen LogP contribution in [0.25, 0.3) is 0 Å². The molecule has 0 aliphatic heterocycles. The molecule has 80 valence electrons. The van der Waals surface area contributed by atoms with Crippen molar-refractivity contribution in [1.29, 1.82) is 0 Å². The van der Waals surface area contributed by atoms with Crippen molar-refractivity contribution in [2.24, 2.45) is 17.6 Å². The lowest BCUT2D eigenvalue weighted by Crippen LogP contribution is -2.24. The van der Waals surface area contributed by atoms with Gasteiger partial charge in [-0.1, -0.05) is 32.4 Å². The molecule has 0 bridgehead atoms. The zero-order valence-electron chi connectivity index (χ0n) is 9.52. The van der Waals surface area contributed by atoms with Crippen molar-refractivity contribution in [3.8, 4) is 0 Å². The number of allylic oxidation sites excluding steroid dienone is 3. The molecule has 0 saturated carbocycles. The molecule has 0 radical (unpaired) electrons. The van der Waals surface area contributed by atoms with Crippen molar-refractivity contribution >= 4 is 11.6 Å². The third-order valence-electron chi connectivity index (χ3n) is 3.54. The van der Waals surface area contributed by atoms with E-state index in [9.17, 15) is 0 Å². The highest BCUT2D eigenvalue weighted by molar-refractivity contribution is 6.32. The van der Waals surface area contributed by atoms with E-state index in [0.717, 1.165) is 11.5 Å². The summed E-state index contributed by atoms with van der Waals surface area (Å²) in [5.41, 5.74) is 9.66. The van der Waals surface area contributed by atoms with E-state index in [-0.39, 0.29) is 0 Å². The number of hydrogen-bond donors (Lipinski definition) is 1. The molecule has 2 N–H and O–H groups in total. The Morgan fingerprint density at radius 3 is 2.14 bits per heavy atom. The Kier molecular flexibility index (Phi) is 3.79. The Morgan fingerprint density at radius 2 is 1.71 bits per heavy atom. The van der Waals surface area contributed by atoms with Crippen LogP contribution in [-0.4, -0.2) is 6.54 Å². The first-order chi connectivity index (χ1) is 6.54. The summed E-state index contributed by atoms with van der Waals surface area (Å²) >= 11 is 6.33. The van der Waals surface area contributed by atoms with Gasteiger partial charge < -0.3 is 5.73 Å². The lowest BCUT2D eigenvalue weighted by molar-refractivity contribution is 0.473. The predicted molar refractivity (Wildman–Crippen MR) is 63.3 cm³/mol. The average Bonchev–Trinajstić information content (AvgIpc) is 2.17. The number of nitrogens with two attached hydrogens (primary N) is 1. The van der Waals surface area contributed by atoms with Gasteiger partial charge in [0.1, 0.15) is 0 Å². The van der Waals surface area contributed by atoms with Crippen LogP contribution in [-0.2, 0) is 0 Å². The van der Waals surface area contributed by atoms with Gasteiger partial charge in [-0.05, 0) is 41.9 Å². The molecular formula is C12H20ClN. The number of rotatable bonds is 2. The van der Waals surface area contributed by atoms with Crippen LogP contribution < -0.4 is 5.73 Å². The van der Waals surface area contributed by atoms with E-state index in [4.69, 9.17) is 17.3 Å². The van der Waals surface area contributed by atoms with Crippen molar-refractivity contribution in [3.05, 3.63) is 21.8 Å². The Hall–Kier alpha value is -0.270. The van der Waals surface area contributed by atoms with Gasteiger partial charge in [0.25, 0.3) is 0 Å². The van der Waals surface area contributed by atoms with E-state index >= 15 is 0 Å². The van der Waals surface area contributed by atoms with Crippen LogP contribution in [0.15, 0.2) is 21.8 Å². The molecule has 0 aromatic rings. The molecule has 2 heteroatoms. The van der Waals surface area contributed by atoms with E-state index < -0.39 is 0 Å². The highest BCUT2D eigenvalue weighted by Gasteiger charge is 2.27. The minimum absolute atomic E-state index is 0.537. The molecule has 0 fully saturated rings. The monoisotopic (exact) mass is 213 g/mol. The third-order valence-corrected chi connectivity index (χ3v) is 4.07. The maximum atomic E-state index is 6.33. The molecule has 1 aliphatic carbocycles. The summed E-state index contributed by atoms with van der Waals surface area (Å²) in [5.74, 6) is 1.08. The molecule has 2 unspecified atom stereocenters. The van der Waals surface area contributed by atoms with Crippen LogP contribution in [0.2, 0.25) is 0 Å². The predicted octanol–water partition coefficient (Wildman–Crippen LogP) is 3.45. The number of hydrogen-bond acceptors (Lipinski definition) is 1. The maximum absolute atomic E-state index is 6.33. The molecule has 1 nitrogen and oxygen atoms in total. The molecule has 0 aromatic heterocycles. The van der Waals surface area contributed by atoms with Gasteiger partial charge in [-0.3, -0.25) is 0 Å². The van der Waals surface area contributed by atoms with E-state index in [2.05, 4.69) is 27.7 Å². The van der Waals surface area contributed by atoms with Crippen LogP contribution in [0, 0.1) is 11.8 Å². The molecule has 0 saturated heterocycles. The van der Waals surface area contributed by atoms with Crippen LogP contribution in [0.3, 0.4) is 0 Å². The van der Waals surface area contributed by atoms with Gasteiger partial charge in [0, 0.05) is 11.6 Å². The summed E-state index contributed by atoms with van der Waals surface area (Å²) in [6.07, 6.45) is 1.04. The maximum Gasteiger partial charge on any atom is 0.0430 e. The zero-order chi connectivity index (χ0) is 10.9. The molecule has 0 aromatic carbocycles. The van der Waals surface area contributed by atoms with Crippen molar-refractivity contribution in [2.45, 2.75) is 34.1 Å². The standard InChI is InChI=1S/C12H20ClN/c1-5-10-7(2)8(3)11(6-14)9(4)12(10)13/h7-8H,5-6,14H2,1-4H3. The molecule has 0 spiro atoms. The molecule has 1 rings (SSSR count). The van der Waals surface area contributed by atoms with Crippen LogP contribution in [0.1, 0.15) is 34.1 Å². The molecule has 14 heavy (non-hydrogen) atoms. The molecule has 1 aliphatic rings. The lowest BCUT2D eigenvalue weighted by atomic mass is 9.76. The van der Waals surface area contributed by atoms with E-state index in [1.807, 2.05) is 0 Å². The van der Waals surface area contributed by atoms with Crippen molar-refractivity contribution < 1.29 is 0 Å². The summed E-state index contributed by atoms with van der Waals surface area (Å²) in [6, 6.07) is 0. The van der Waals surface area contributed by atoms with Crippen LogP contribution >= 0.6 is 11.6 Å². The van der Waals surface area contributed by atoms with Crippen molar-refractivity contribution in [2.75, 3.05) is 6.54 Å². The third kappa shape index (κ3) is 1.76. The lowest BCUT2D eigenvalue weighted by Gasteiger charge is -2.32. The van der Waals surface area contributed by atoms with Gasteiger partial charge in [0.15, 0.2) is 0 Å². The van der Waals surface area contributed by atoms with Crippen LogP contribution in [0.5, 0.6) is 0 Å². The molecular weight excluding hydrogens is 194 g/mol. The average molecular weight is 214 g/mol. The fourth-order valence-corrected chi connectivity index (χ4v) is 2.77. The SMILES string of the molecule is CCC1=C(Cl)C(C)=C(CN)C(C)C1C. The Morgan fingerprint density at radius 1 is 1.21 bits per heavy atom. The first-order valence-electron chi connectivity index (χ1n) is 5.33. The van der Waals surface area contributed by atoms with Crippen LogP contribution in [0.4, 0.5) is 0 Å². The Balaban J connectivity index is 3.20. The minimum atomic E-state index is 0.537. The van der Waals surface area contributed by atoms with Gasteiger partial charge in [-0.2, -0.15) is 0 Å². The Bertz CT molecular complexity index is 259. The van der Waals surface area contributed by atoms with Crippen molar-refractivity contribution in [1.82, 2.24) is 0 Å². The van der Waals surface area contributed by atoms with E-state index in [1.165, 1.54) is 16.7 Å². The van der Waals surface area contributed by atoms with E-state index in [1.54, 1.807) is 0 Å². The quantitative estimate of drug-likeness (QED) is 0.747. The normalized spacial score (nSPS) is 28.7. The molecule has 2 atom stereocenters. The summed E-state index contributed by atoms with van der Waals surface area (Å²) in [7, 11) is 0. The van der Waals surface area contributed by atoms with Gasteiger partial charge >= 0.3 is 0 Å². The first-order valence-corrected chi connectivity index (χ1v) is 5.70. The summed E-state index contributed by atoms with van der Waals surface area (Å²) in [5, 5.41) is 0.957. The largest absolute Gasteiger partial charge is 0.327 e. The second kappa shape index (κ2) is 4.50. The number of halogens is 1. The minimum Gasteiger partial charge on any atom is -0.327 e. The second-order valence-electron chi connectivity index (χ2n) is 4.12. The molecule has 0 heterocycles. The summed E-state index contributed by atoms with van der Waals surface area (Å²) in [6.45, 7) is 9.37. The first kappa shape index (κ1) is 11.8. The highest BCUT2D eigenvalue weighted by atomic mass is 35.5. The summed E-state index contributed by atoms with van der Waals surface area (Å²) < 4.78 is 0. The highest BCUT2D eigenvalue weighted by Crippen LogP contribution is 2.40. The van der Waals surface area contributed by atoms with Gasteiger partial charge in [0.05, 0.1) is 0 Å². The smallest absolute Gasteiger partial charge is 0.0430 e. The second-order valence-corrected chi connectivity index (χ2v) is 4.50. The zero-order valence-corrected chi connectivity index (χ0v) is 10.3. The fraction of sp³-hybridized carbons (Fsp3) is 0.667. The topological polar surface area (TPSA) is 26.0 Å². The summed E-state index contributed by atoms with van der Waals surface area (Å²) in [4.78, 5) is 0.